The number of hydrogen-bond acceptors (Lipinski definition) is 2. The van der Waals surface area contributed by atoms with Crippen molar-refractivity contribution in [2.45, 2.75) is 6.92 Å². The van der Waals surface area contributed by atoms with Gasteiger partial charge in [0, 0.05) is 20.1 Å². The minimum Gasteiger partial charge on any atom is -0.318 e. The van der Waals surface area contributed by atoms with Crippen LogP contribution in [0.25, 0.3) is 0 Å². The zero-order valence-corrected chi connectivity index (χ0v) is 5.78. The number of hydrogen-bond donors (Lipinski definition) is 1. The molecule has 2 heteroatoms. The molecule has 0 bridgehead atoms. The third-order valence-corrected chi connectivity index (χ3v) is 1.13. The molecule has 0 amide bonds. The highest BCUT2D eigenvalue weighted by Gasteiger charge is 1.89. The molecule has 0 spiro atoms. The monoisotopic (exact) mass is 115 g/mol. The lowest BCUT2D eigenvalue weighted by Gasteiger charge is -2.11. The Morgan fingerprint density at radius 3 is 2.62 bits per heavy atom. The SMILES string of the molecule is [CH2]N(CC)CCNC. The first kappa shape index (κ1) is 7.92. The van der Waals surface area contributed by atoms with Gasteiger partial charge in [0.15, 0.2) is 0 Å². The predicted octanol–water partition coefficient (Wildman–Crippen LogP) is 0.319. The van der Waals surface area contributed by atoms with Gasteiger partial charge in [0.1, 0.15) is 0 Å². The van der Waals surface area contributed by atoms with Crippen LogP contribution < -0.4 is 5.32 Å². The van der Waals surface area contributed by atoms with E-state index in [2.05, 4.69) is 19.3 Å². The van der Waals surface area contributed by atoms with Crippen molar-refractivity contribution < 1.29 is 0 Å². The Balaban J connectivity index is 2.86. The van der Waals surface area contributed by atoms with Gasteiger partial charge in [-0.1, -0.05) is 6.92 Å². The summed E-state index contributed by atoms with van der Waals surface area (Å²) in [5, 5.41) is 3.05. The third kappa shape index (κ3) is 4.09. The summed E-state index contributed by atoms with van der Waals surface area (Å²) < 4.78 is 0. The molecular formula is C6H15N2. The first-order chi connectivity index (χ1) is 3.81. The van der Waals surface area contributed by atoms with Gasteiger partial charge >= 0.3 is 0 Å². The lowest BCUT2D eigenvalue weighted by Crippen LogP contribution is -2.25. The van der Waals surface area contributed by atoms with Crippen molar-refractivity contribution in [1.82, 2.24) is 10.2 Å². The standard InChI is InChI=1S/C6H15N2/c1-4-8(3)6-5-7-2/h7H,3-6H2,1-2H3. The van der Waals surface area contributed by atoms with Crippen molar-refractivity contribution in [2.75, 3.05) is 26.7 Å². The van der Waals surface area contributed by atoms with Crippen LogP contribution >= 0.6 is 0 Å². The fourth-order valence-corrected chi connectivity index (χ4v) is 0.428. The molecule has 0 aliphatic carbocycles. The smallest absolute Gasteiger partial charge is 0.0110 e. The normalized spacial score (nSPS) is 10.5. The maximum Gasteiger partial charge on any atom is 0.0110 e. The molecule has 0 aromatic heterocycles. The van der Waals surface area contributed by atoms with E-state index >= 15 is 0 Å². The minimum absolute atomic E-state index is 1.03. The van der Waals surface area contributed by atoms with Gasteiger partial charge in [0.05, 0.1) is 0 Å². The van der Waals surface area contributed by atoms with Crippen molar-refractivity contribution in [2.24, 2.45) is 0 Å². The van der Waals surface area contributed by atoms with Crippen LogP contribution in [0.2, 0.25) is 0 Å². The number of nitrogens with zero attached hydrogens (tertiary/aromatic N) is 1. The van der Waals surface area contributed by atoms with Crippen LogP contribution in [-0.4, -0.2) is 31.6 Å². The first-order valence-corrected chi connectivity index (χ1v) is 3.01. The number of nitrogens with one attached hydrogen (secondary N) is 1. The van der Waals surface area contributed by atoms with Gasteiger partial charge in [-0.3, -0.25) is 0 Å². The molecule has 0 aromatic carbocycles. The number of rotatable bonds is 4. The molecule has 1 N–H and O–H groups in total. The van der Waals surface area contributed by atoms with E-state index in [1.165, 1.54) is 0 Å². The van der Waals surface area contributed by atoms with Crippen molar-refractivity contribution in [3.05, 3.63) is 7.05 Å². The second-order valence-electron chi connectivity index (χ2n) is 1.81. The predicted molar refractivity (Wildman–Crippen MR) is 36.5 cm³/mol. The molecule has 2 nitrogen and oxygen atoms in total. The summed E-state index contributed by atoms with van der Waals surface area (Å²) in [6, 6.07) is 0. The van der Waals surface area contributed by atoms with Crippen LogP contribution in [0.5, 0.6) is 0 Å². The first-order valence-electron chi connectivity index (χ1n) is 3.01. The topological polar surface area (TPSA) is 15.3 Å². The highest BCUT2D eigenvalue weighted by molar-refractivity contribution is 4.51. The molecule has 0 atom stereocenters. The van der Waals surface area contributed by atoms with E-state index in [4.69, 9.17) is 0 Å². The van der Waals surface area contributed by atoms with Crippen molar-refractivity contribution in [1.29, 1.82) is 0 Å². The van der Waals surface area contributed by atoms with Crippen molar-refractivity contribution in [3.8, 4) is 0 Å². The average molecular weight is 115 g/mol. The molecule has 0 saturated heterocycles. The molecule has 0 aliphatic heterocycles. The van der Waals surface area contributed by atoms with Crippen LogP contribution in [0.15, 0.2) is 0 Å². The van der Waals surface area contributed by atoms with E-state index in [0.717, 1.165) is 19.6 Å². The average Bonchev–Trinajstić information content (AvgIpc) is 1.83. The Labute approximate surface area is 51.9 Å². The molecule has 0 heterocycles. The van der Waals surface area contributed by atoms with Gasteiger partial charge in [0.2, 0.25) is 0 Å². The molecular weight excluding hydrogens is 100 g/mol. The molecule has 0 rings (SSSR count). The zero-order valence-electron chi connectivity index (χ0n) is 5.78. The van der Waals surface area contributed by atoms with Crippen LogP contribution in [0.3, 0.4) is 0 Å². The Bertz CT molecular complexity index is 45.8. The van der Waals surface area contributed by atoms with Crippen molar-refractivity contribution in [3.63, 3.8) is 0 Å². The summed E-state index contributed by atoms with van der Waals surface area (Å²) >= 11 is 0. The van der Waals surface area contributed by atoms with Crippen LogP contribution in [-0.2, 0) is 0 Å². The van der Waals surface area contributed by atoms with Gasteiger partial charge in [-0.25, -0.2) is 0 Å². The molecule has 0 aromatic rings. The van der Waals surface area contributed by atoms with E-state index in [-0.39, 0.29) is 0 Å². The second-order valence-corrected chi connectivity index (χ2v) is 1.81. The summed E-state index contributed by atoms with van der Waals surface area (Å²) in [7, 11) is 5.74. The highest BCUT2D eigenvalue weighted by Crippen LogP contribution is 1.78. The van der Waals surface area contributed by atoms with Crippen LogP contribution in [0.4, 0.5) is 0 Å². The summed E-state index contributed by atoms with van der Waals surface area (Å²) in [5.41, 5.74) is 0. The molecule has 1 radical (unpaired) electrons. The Morgan fingerprint density at radius 1 is 1.62 bits per heavy atom. The molecule has 0 aliphatic rings. The minimum atomic E-state index is 1.03. The lowest BCUT2D eigenvalue weighted by molar-refractivity contribution is 0.390. The van der Waals surface area contributed by atoms with Gasteiger partial charge in [-0.05, 0) is 13.6 Å². The second kappa shape index (κ2) is 5.06. The zero-order chi connectivity index (χ0) is 6.41. The van der Waals surface area contributed by atoms with Gasteiger partial charge in [-0.15, -0.1) is 0 Å². The van der Waals surface area contributed by atoms with E-state index in [9.17, 15) is 0 Å². The molecule has 0 fully saturated rings. The van der Waals surface area contributed by atoms with E-state index in [1.807, 2.05) is 11.9 Å². The third-order valence-electron chi connectivity index (χ3n) is 1.13. The summed E-state index contributed by atoms with van der Waals surface area (Å²) in [6.07, 6.45) is 0. The highest BCUT2D eigenvalue weighted by atomic mass is 15.1. The van der Waals surface area contributed by atoms with E-state index < -0.39 is 0 Å². The van der Waals surface area contributed by atoms with Gasteiger partial charge in [0.25, 0.3) is 0 Å². The molecule has 0 unspecified atom stereocenters. The van der Waals surface area contributed by atoms with Gasteiger partial charge < -0.3 is 10.2 Å². The summed E-state index contributed by atoms with van der Waals surface area (Å²) in [4.78, 5) is 2.02. The fraction of sp³-hybridized carbons (Fsp3) is 0.833. The quantitative estimate of drug-likeness (QED) is 0.567. The fourth-order valence-electron chi connectivity index (χ4n) is 0.428. The molecule has 0 saturated carbocycles. The Hall–Kier alpha value is -0.0800. The van der Waals surface area contributed by atoms with Crippen LogP contribution in [0, 0.1) is 7.05 Å². The lowest BCUT2D eigenvalue weighted by atomic mass is 10.5. The van der Waals surface area contributed by atoms with Gasteiger partial charge in [-0.2, -0.15) is 0 Å². The Morgan fingerprint density at radius 2 is 2.25 bits per heavy atom. The van der Waals surface area contributed by atoms with E-state index in [0.29, 0.717) is 0 Å². The maximum absolute atomic E-state index is 3.79. The maximum atomic E-state index is 3.79. The van der Waals surface area contributed by atoms with E-state index in [1.54, 1.807) is 0 Å². The largest absolute Gasteiger partial charge is 0.318 e. The molecule has 49 valence electrons. The van der Waals surface area contributed by atoms with Crippen molar-refractivity contribution >= 4 is 0 Å². The molecule has 8 heavy (non-hydrogen) atoms. The number of likely N-dealkylation sites (N-methyl/N-ethyl adjacent to an activating group) is 2. The van der Waals surface area contributed by atoms with Crippen LogP contribution in [0.1, 0.15) is 6.92 Å². The summed E-state index contributed by atoms with van der Waals surface area (Å²) in [6.45, 7) is 5.19. The Kier molecular flexibility index (Phi) is 5.01. The summed E-state index contributed by atoms with van der Waals surface area (Å²) in [5.74, 6) is 0.